The topological polar surface area (TPSA) is 58.9 Å². The lowest BCUT2D eigenvalue weighted by atomic mass is 9.80. The Hall–Kier alpha value is -0.160. The van der Waals surface area contributed by atoms with Gasteiger partial charge in [0.1, 0.15) is 0 Å². The lowest BCUT2D eigenvalue weighted by molar-refractivity contribution is -0.0848. The van der Waals surface area contributed by atoms with Crippen molar-refractivity contribution >= 4 is 0 Å². The van der Waals surface area contributed by atoms with Gasteiger partial charge >= 0.3 is 0 Å². The molecular formula is C18H38O4. The van der Waals surface area contributed by atoms with E-state index in [0.29, 0.717) is 38.3 Å². The summed E-state index contributed by atoms with van der Waals surface area (Å²) in [6, 6.07) is 0. The van der Waals surface area contributed by atoms with Crippen molar-refractivity contribution in [2.24, 2.45) is 11.8 Å². The highest BCUT2D eigenvalue weighted by molar-refractivity contribution is 4.83. The second kappa shape index (κ2) is 13.3. The standard InChI is InChI=1S/C18H38O4/c1-5-16(6-2)13-18(20,14-17(7-3)8-4)15-22-12-11-21-10-9-19/h16-17,19-20H,5-15H2,1-4H3. The third-order valence-electron chi connectivity index (χ3n) is 4.63. The van der Waals surface area contributed by atoms with Gasteiger partial charge in [0.25, 0.3) is 0 Å². The van der Waals surface area contributed by atoms with Crippen LogP contribution in [0.1, 0.15) is 66.2 Å². The molecule has 0 radical (unpaired) electrons. The molecule has 4 heteroatoms. The molecule has 0 atom stereocenters. The van der Waals surface area contributed by atoms with Crippen LogP contribution in [0.15, 0.2) is 0 Å². The van der Waals surface area contributed by atoms with Gasteiger partial charge < -0.3 is 19.7 Å². The molecule has 0 saturated carbocycles. The monoisotopic (exact) mass is 318 g/mol. The van der Waals surface area contributed by atoms with Gasteiger partial charge in [-0.3, -0.25) is 0 Å². The van der Waals surface area contributed by atoms with E-state index in [1.807, 2.05) is 0 Å². The normalized spacial score (nSPS) is 12.5. The highest BCUT2D eigenvalue weighted by Crippen LogP contribution is 2.30. The lowest BCUT2D eigenvalue weighted by Crippen LogP contribution is -2.39. The number of hydrogen-bond acceptors (Lipinski definition) is 4. The fourth-order valence-corrected chi connectivity index (χ4v) is 2.98. The molecule has 0 saturated heterocycles. The summed E-state index contributed by atoms with van der Waals surface area (Å²) >= 11 is 0. The predicted molar refractivity (Wildman–Crippen MR) is 91.1 cm³/mol. The number of aliphatic hydroxyl groups is 2. The second-order valence-corrected chi connectivity index (χ2v) is 6.39. The van der Waals surface area contributed by atoms with Crippen LogP contribution in [0.5, 0.6) is 0 Å². The summed E-state index contributed by atoms with van der Waals surface area (Å²) in [6.45, 7) is 10.4. The van der Waals surface area contributed by atoms with Crippen LogP contribution in [-0.4, -0.2) is 48.8 Å². The second-order valence-electron chi connectivity index (χ2n) is 6.39. The maximum absolute atomic E-state index is 11.1. The molecule has 0 bridgehead atoms. The maximum atomic E-state index is 11.1. The third kappa shape index (κ3) is 9.78. The van der Waals surface area contributed by atoms with Crippen LogP contribution in [-0.2, 0) is 9.47 Å². The van der Waals surface area contributed by atoms with Gasteiger partial charge in [-0.15, -0.1) is 0 Å². The van der Waals surface area contributed by atoms with Crippen molar-refractivity contribution in [1.29, 1.82) is 0 Å². The van der Waals surface area contributed by atoms with Crippen LogP contribution < -0.4 is 0 Å². The predicted octanol–water partition coefficient (Wildman–Crippen LogP) is 3.40. The SMILES string of the molecule is CCC(CC)CC(O)(COCCOCCO)CC(CC)CC. The van der Waals surface area contributed by atoms with Crippen molar-refractivity contribution in [3.63, 3.8) is 0 Å². The number of hydrogen-bond donors (Lipinski definition) is 2. The zero-order valence-corrected chi connectivity index (χ0v) is 15.1. The summed E-state index contributed by atoms with van der Waals surface area (Å²) in [5, 5.41) is 19.7. The van der Waals surface area contributed by atoms with Crippen molar-refractivity contribution < 1.29 is 19.7 Å². The average molecular weight is 318 g/mol. The van der Waals surface area contributed by atoms with Crippen LogP contribution in [0.2, 0.25) is 0 Å². The highest BCUT2D eigenvalue weighted by atomic mass is 16.5. The molecule has 0 aliphatic heterocycles. The van der Waals surface area contributed by atoms with Gasteiger partial charge in [0.2, 0.25) is 0 Å². The summed E-state index contributed by atoms with van der Waals surface area (Å²) in [4.78, 5) is 0. The van der Waals surface area contributed by atoms with E-state index in [1.165, 1.54) is 0 Å². The van der Waals surface area contributed by atoms with Crippen molar-refractivity contribution in [3.05, 3.63) is 0 Å². The van der Waals surface area contributed by atoms with Gasteiger partial charge in [-0.2, -0.15) is 0 Å². The smallest absolute Gasteiger partial charge is 0.0885 e. The minimum atomic E-state index is -0.732. The van der Waals surface area contributed by atoms with Gasteiger partial charge in [-0.1, -0.05) is 53.4 Å². The van der Waals surface area contributed by atoms with E-state index >= 15 is 0 Å². The van der Waals surface area contributed by atoms with Gasteiger partial charge in [-0.05, 0) is 24.7 Å². The van der Waals surface area contributed by atoms with E-state index in [-0.39, 0.29) is 6.61 Å². The number of rotatable bonds is 15. The van der Waals surface area contributed by atoms with Crippen LogP contribution in [0.3, 0.4) is 0 Å². The van der Waals surface area contributed by atoms with E-state index in [9.17, 15) is 5.11 Å². The Kier molecular flexibility index (Phi) is 13.2. The van der Waals surface area contributed by atoms with Crippen LogP contribution in [0.4, 0.5) is 0 Å². The quantitative estimate of drug-likeness (QED) is 0.454. The van der Waals surface area contributed by atoms with E-state index < -0.39 is 5.60 Å². The molecule has 0 unspecified atom stereocenters. The Balaban J connectivity index is 4.43. The van der Waals surface area contributed by atoms with Crippen LogP contribution >= 0.6 is 0 Å². The first-order valence-electron chi connectivity index (χ1n) is 9.03. The Labute approximate surface area is 137 Å². The number of aliphatic hydroxyl groups excluding tert-OH is 1. The van der Waals surface area contributed by atoms with Crippen molar-refractivity contribution in [2.75, 3.05) is 33.0 Å². The summed E-state index contributed by atoms with van der Waals surface area (Å²) in [6.07, 6.45) is 6.02. The van der Waals surface area contributed by atoms with E-state index in [1.54, 1.807) is 0 Å². The molecule has 0 aliphatic carbocycles. The lowest BCUT2D eigenvalue weighted by Gasteiger charge is -2.34. The molecule has 0 heterocycles. The molecule has 0 amide bonds. The Morgan fingerprint density at radius 1 is 0.773 bits per heavy atom. The first-order valence-corrected chi connectivity index (χ1v) is 9.03. The highest BCUT2D eigenvalue weighted by Gasteiger charge is 2.32. The minimum Gasteiger partial charge on any atom is -0.394 e. The molecule has 4 nitrogen and oxygen atoms in total. The molecule has 0 rings (SSSR count). The largest absolute Gasteiger partial charge is 0.394 e. The van der Waals surface area contributed by atoms with Crippen molar-refractivity contribution in [2.45, 2.75) is 71.8 Å². The molecule has 0 fully saturated rings. The summed E-state index contributed by atoms with van der Waals surface area (Å²) < 4.78 is 10.9. The summed E-state index contributed by atoms with van der Waals surface area (Å²) in [7, 11) is 0. The molecule has 0 aliphatic rings. The Morgan fingerprint density at radius 3 is 1.64 bits per heavy atom. The summed E-state index contributed by atoms with van der Waals surface area (Å²) in [5.41, 5.74) is -0.732. The fraction of sp³-hybridized carbons (Fsp3) is 1.00. The molecule has 22 heavy (non-hydrogen) atoms. The van der Waals surface area contributed by atoms with E-state index in [4.69, 9.17) is 14.6 Å². The summed E-state index contributed by atoms with van der Waals surface area (Å²) in [5.74, 6) is 1.10. The van der Waals surface area contributed by atoms with Crippen molar-refractivity contribution in [1.82, 2.24) is 0 Å². The first-order chi connectivity index (χ1) is 10.5. The Bertz CT molecular complexity index is 223. The molecule has 0 aromatic rings. The third-order valence-corrected chi connectivity index (χ3v) is 4.63. The van der Waals surface area contributed by atoms with Gasteiger partial charge in [-0.25, -0.2) is 0 Å². The molecule has 134 valence electrons. The molecule has 0 aromatic carbocycles. The van der Waals surface area contributed by atoms with E-state index in [0.717, 1.165) is 38.5 Å². The molecule has 2 N–H and O–H groups in total. The first kappa shape index (κ1) is 21.8. The fourth-order valence-electron chi connectivity index (χ4n) is 2.98. The van der Waals surface area contributed by atoms with Crippen molar-refractivity contribution in [3.8, 4) is 0 Å². The van der Waals surface area contributed by atoms with E-state index in [2.05, 4.69) is 27.7 Å². The Morgan fingerprint density at radius 2 is 1.23 bits per heavy atom. The number of ether oxygens (including phenoxy) is 2. The zero-order chi connectivity index (χ0) is 16.8. The van der Waals surface area contributed by atoms with Crippen LogP contribution in [0.25, 0.3) is 0 Å². The van der Waals surface area contributed by atoms with Crippen LogP contribution in [0, 0.1) is 11.8 Å². The zero-order valence-electron chi connectivity index (χ0n) is 15.1. The molecular weight excluding hydrogens is 280 g/mol. The van der Waals surface area contributed by atoms with Gasteiger partial charge in [0.15, 0.2) is 0 Å². The van der Waals surface area contributed by atoms with Gasteiger partial charge in [0.05, 0.1) is 38.6 Å². The molecule has 0 aromatic heterocycles. The van der Waals surface area contributed by atoms with Gasteiger partial charge in [0, 0.05) is 0 Å². The molecule has 0 spiro atoms. The average Bonchev–Trinajstić information content (AvgIpc) is 2.54. The maximum Gasteiger partial charge on any atom is 0.0885 e. The minimum absolute atomic E-state index is 0.0350.